The summed E-state index contributed by atoms with van der Waals surface area (Å²) in [6.45, 7) is 1.67. The van der Waals surface area contributed by atoms with E-state index in [1.54, 1.807) is 0 Å². The number of nitrogens with zero attached hydrogens (tertiary/aromatic N) is 1. The largest absolute Gasteiger partial charge is 0.353 e. The normalized spacial score (nSPS) is 31.9. The Bertz CT molecular complexity index is 672. The van der Waals surface area contributed by atoms with Crippen LogP contribution >= 0.6 is 15.9 Å². The molecule has 5 heteroatoms. The molecule has 3 aliphatic rings. The number of benzene rings is 1. The third kappa shape index (κ3) is 4.39. The minimum Gasteiger partial charge on any atom is -0.353 e. The molecular formula is C22H29BrN2O2. The third-order valence-corrected chi connectivity index (χ3v) is 7.55. The molecule has 2 heterocycles. The fourth-order valence-corrected chi connectivity index (χ4v) is 5.90. The first-order chi connectivity index (χ1) is 13.1. The first-order valence-electron chi connectivity index (χ1n) is 10.4. The number of fused-ring (bicyclic) bond motifs is 1. The maximum absolute atomic E-state index is 13.3. The van der Waals surface area contributed by atoms with Gasteiger partial charge in [0.1, 0.15) is 0 Å². The number of hydrogen-bond donors (Lipinski definition) is 1. The Morgan fingerprint density at radius 3 is 2.59 bits per heavy atom. The summed E-state index contributed by atoms with van der Waals surface area (Å²) >= 11 is 3.74. The summed E-state index contributed by atoms with van der Waals surface area (Å²) in [4.78, 5) is 27.9. The molecule has 0 spiro atoms. The van der Waals surface area contributed by atoms with Gasteiger partial charge >= 0.3 is 0 Å². The molecule has 1 N–H and O–H groups in total. The van der Waals surface area contributed by atoms with Crippen LogP contribution in [0.3, 0.4) is 0 Å². The second-order valence-corrected chi connectivity index (χ2v) is 9.81. The Labute approximate surface area is 170 Å². The number of halogens is 1. The van der Waals surface area contributed by atoms with Crippen LogP contribution in [0.5, 0.6) is 0 Å². The minimum absolute atomic E-state index is 0.0570. The van der Waals surface area contributed by atoms with Gasteiger partial charge in [0.15, 0.2) is 0 Å². The minimum atomic E-state index is -0.130. The van der Waals surface area contributed by atoms with Crippen molar-refractivity contribution in [3.05, 3.63) is 35.9 Å². The smallest absolute Gasteiger partial charge is 0.226 e. The molecule has 4 nitrogen and oxygen atoms in total. The third-order valence-electron chi connectivity index (χ3n) is 6.71. The van der Waals surface area contributed by atoms with Gasteiger partial charge in [0.2, 0.25) is 11.8 Å². The zero-order valence-corrected chi connectivity index (χ0v) is 17.4. The summed E-state index contributed by atoms with van der Waals surface area (Å²) in [5.74, 6) is 1.09. The van der Waals surface area contributed by atoms with Gasteiger partial charge in [-0.2, -0.15) is 0 Å². The Hall–Kier alpha value is -1.36. The fourth-order valence-electron chi connectivity index (χ4n) is 5.20. The fraction of sp³-hybridized carbons (Fsp3) is 0.636. The zero-order chi connectivity index (χ0) is 18.8. The van der Waals surface area contributed by atoms with Gasteiger partial charge in [-0.3, -0.25) is 9.59 Å². The van der Waals surface area contributed by atoms with Gasteiger partial charge in [-0.1, -0.05) is 46.3 Å². The van der Waals surface area contributed by atoms with Gasteiger partial charge in [0.05, 0.1) is 5.92 Å². The van der Waals surface area contributed by atoms with Crippen LogP contribution in [0.15, 0.2) is 30.3 Å². The predicted molar refractivity (Wildman–Crippen MR) is 110 cm³/mol. The lowest BCUT2D eigenvalue weighted by Crippen LogP contribution is -2.56. The van der Waals surface area contributed by atoms with Crippen molar-refractivity contribution in [3.63, 3.8) is 0 Å². The number of likely N-dealkylation sites (tertiary alicyclic amines) is 1. The summed E-state index contributed by atoms with van der Waals surface area (Å²) in [5, 5.41) is 3.13. The number of carbonyl (C=O) groups is 2. The summed E-state index contributed by atoms with van der Waals surface area (Å²) in [5.41, 5.74) is 1.39. The number of piperidine rings is 2. The molecule has 146 valence electrons. The van der Waals surface area contributed by atoms with Crippen LogP contribution in [0.25, 0.3) is 0 Å². The van der Waals surface area contributed by atoms with E-state index >= 15 is 0 Å². The first-order valence-corrected chi connectivity index (χ1v) is 11.3. The van der Waals surface area contributed by atoms with Crippen LogP contribution in [0.4, 0.5) is 0 Å². The van der Waals surface area contributed by atoms with Crippen molar-refractivity contribution in [1.29, 1.82) is 0 Å². The SMILES string of the molecule is O=C1CC(C(=O)N2CCC(Cc3ccccc3)CC2)C2CC(Br)CCC2N1. The van der Waals surface area contributed by atoms with Crippen LogP contribution in [0, 0.1) is 17.8 Å². The van der Waals surface area contributed by atoms with Gasteiger partial charge in [0.25, 0.3) is 0 Å². The van der Waals surface area contributed by atoms with Gasteiger partial charge in [-0.15, -0.1) is 0 Å². The lowest BCUT2D eigenvalue weighted by Gasteiger charge is -2.44. The Balaban J connectivity index is 1.36. The molecule has 0 radical (unpaired) electrons. The molecule has 0 aromatic heterocycles. The van der Waals surface area contributed by atoms with Crippen LogP contribution < -0.4 is 5.32 Å². The first kappa shape index (κ1) is 19.0. The molecule has 4 unspecified atom stereocenters. The van der Waals surface area contributed by atoms with Gasteiger partial charge in [-0.05, 0) is 55.9 Å². The summed E-state index contributed by atoms with van der Waals surface area (Å²) in [6, 6.07) is 10.8. The molecule has 1 aromatic carbocycles. The molecule has 1 aliphatic carbocycles. The molecule has 3 fully saturated rings. The molecule has 4 rings (SSSR count). The molecule has 4 atom stereocenters. The average Bonchev–Trinajstić information content (AvgIpc) is 2.68. The predicted octanol–water partition coefficient (Wildman–Crippen LogP) is 3.54. The zero-order valence-electron chi connectivity index (χ0n) is 15.8. The second-order valence-electron chi connectivity index (χ2n) is 8.52. The number of amides is 2. The van der Waals surface area contributed by atoms with Crippen LogP contribution in [0.2, 0.25) is 0 Å². The van der Waals surface area contributed by atoms with E-state index in [9.17, 15) is 9.59 Å². The van der Waals surface area contributed by atoms with Crippen molar-refractivity contribution >= 4 is 27.7 Å². The monoisotopic (exact) mass is 432 g/mol. The summed E-state index contributed by atoms with van der Waals surface area (Å²) in [7, 11) is 0. The van der Waals surface area contributed by atoms with Crippen molar-refractivity contribution < 1.29 is 9.59 Å². The Morgan fingerprint density at radius 1 is 1.11 bits per heavy atom. The Kier molecular flexibility index (Phi) is 5.86. The van der Waals surface area contributed by atoms with E-state index in [0.717, 1.165) is 51.6 Å². The van der Waals surface area contributed by atoms with Crippen molar-refractivity contribution in [3.8, 4) is 0 Å². The van der Waals surface area contributed by atoms with E-state index in [-0.39, 0.29) is 29.7 Å². The summed E-state index contributed by atoms with van der Waals surface area (Å²) in [6.07, 6.45) is 6.64. The molecule has 1 aromatic rings. The maximum atomic E-state index is 13.3. The Morgan fingerprint density at radius 2 is 1.85 bits per heavy atom. The second kappa shape index (κ2) is 8.34. The number of nitrogens with one attached hydrogen (secondary N) is 1. The van der Waals surface area contributed by atoms with Crippen LogP contribution in [-0.2, 0) is 16.0 Å². The highest BCUT2D eigenvalue weighted by molar-refractivity contribution is 9.09. The van der Waals surface area contributed by atoms with Crippen molar-refractivity contribution in [2.24, 2.45) is 17.8 Å². The average molecular weight is 433 g/mol. The van der Waals surface area contributed by atoms with Gasteiger partial charge in [-0.25, -0.2) is 0 Å². The lowest BCUT2D eigenvalue weighted by atomic mass is 9.72. The molecule has 2 aliphatic heterocycles. The highest BCUT2D eigenvalue weighted by atomic mass is 79.9. The topological polar surface area (TPSA) is 49.4 Å². The van der Waals surface area contributed by atoms with Gasteiger partial charge in [0, 0.05) is 30.4 Å². The van der Waals surface area contributed by atoms with E-state index in [1.807, 2.05) is 4.90 Å². The summed E-state index contributed by atoms with van der Waals surface area (Å²) < 4.78 is 0. The number of rotatable bonds is 3. The standard InChI is InChI=1S/C22H29BrN2O2/c23-17-6-7-20-18(13-17)19(14-21(26)24-20)22(27)25-10-8-16(9-11-25)12-15-4-2-1-3-5-15/h1-5,16-20H,6-14H2,(H,24,26). The van der Waals surface area contributed by atoms with Gasteiger partial charge < -0.3 is 10.2 Å². The van der Waals surface area contributed by atoms with Crippen molar-refractivity contribution in [2.45, 2.75) is 55.8 Å². The number of alkyl halides is 1. The highest BCUT2D eigenvalue weighted by Crippen LogP contribution is 2.39. The number of hydrogen-bond acceptors (Lipinski definition) is 2. The highest BCUT2D eigenvalue weighted by Gasteiger charge is 2.45. The van der Waals surface area contributed by atoms with Crippen LogP contribution in [-0.4, -0.2) is 40.7 Å². The molecule has 1 saturated carbocycles. The van der Waals surface area contributed by atoms with E-state index in [0.29, 0.717) is 17.2 Å². The molecule has 27 heavy (non-hydrogen) atoms. The molecular weight excluding hydrogens is 404 g/mol. The van der Waals surface area contributed by atoms with Crippen LogP contribution in [0.1, 0.15) is 44.1 Å². The van der Waals surface area contributed by atoms with E-state index < -0.39 is 0 Å². The van der Waals surface area contributed by atoms with Crippen molar-refractivity contribution in [2.75, 3.05) is 13.1 Å². The number of carbonyl (C=O) groups excluding carboxylic acids is 2. The lowest BCUT2D eigenvalue weighted by molar-refractivity contribution is -0.145. The van der Waals surface area contributed by atoms with Crippen molar-refractivity contribution in [1.82, 2.24) is 10.2 Å². The quantitative estimate of drug-likeness (QED) is 0.742. The van der Waals surface area contributed by atoms with E-state index in [4.69, 9.17) is 0 Å². The molecule has 0 bridgehead atoms. The molecule has 2 amide bonds. The maximum Gasteiger partial charge on any atom is 0.226 e. The van der Waals surface area contributed by atoms with E-state index in [1.165, 1.54) is 5.56 Å². The van der Waals surface area contributed by atoms with E-state index in [2.05, 4.69) is 51.6 Å². The molecule has 2 saturated heterocycles.